The Hall–Kier alpha value is -3.07. The molecule has 0 bridgehead atoms. The molecule has 3 aromatic rings. The van der Waals surface area contributed by atoms with E-state index in [0.717, 1.165) is 56.0 Å². The van der Waals surface area contributed by atoms with E-state index in [1.807, 2.05) is 23.9 Å². The number of rotatable bonds is 8. The van der Waals surface area contributed by atoms with E-state index in [4.69, 9.17) is 5.10 Å². The molecule has 1 aliphatic carbocycles. The Balaban J connectivity index is 1.26. The van der Waals surface area contributed by atoms with Crippen LogP contribution in [0, 0.1) is 12.7 Å². The maximum Gasteiger partial charge on any atom is 0.416 e. The topological polar surface area (TPSA) is 45.1 Å². The van der Waals surface area contributed by atoms with Gasteiger partial charge in [0.15, 0.2) is 5.82 Å². The maximum atomic E-state index is 14.4. The van der Waals surface area contributed by atoms with Crippen LogP contribution in [0.3, 0.4) is 0 Å². The zero-order valence-electron chi connectivity index (χ0n) is 21.2. The fourth-order valence-electron chi connectivity index (χ4n) is 5.25. The Labute approximate surface area is 214 Å². The molecule has 198 valence electrons. The van der Waals surface area contributed by atoms with E-state index < -0.39 is 11.7 Å². The molecule has 0 radical (unpaired) electrons. The molecule has 0 amide bonds. The van der Waals surface area contributed by atoms with E-state index in [9.17, 15) is 17.6 Å². The number of nitrogens with one attached hydrogen (secondary N) is 2. The highest BCUT2D eigenvalue weighted by molar-refractivity contribution is 5.54. The summed E-state index contributed by atoms with van der Waals surface area (Å²) < 4.78 is 56.7. The summed E-state index contributed by atoms with van der Waals surface area (Å²) in [6, 6.07) is 11.4. The predicted octanol–water partition coefficient (Wildman–Crippen LogP) is 6.62. The van der Waals surface area contributed by atoms with Crippen LogP contribution in [0.2, 0.25) is 0 Å². The van der Waals surface area contributed by atoms with Crippen LogP contribution < -0.4 is 15.5 Å². The summed E-state index contributed by atoms with van der Waals surface area (Å²) in [5, 5.41) is 11.6. The summed E-state index contributed by atoms with van der Waals surface area (Å²) >= 11 is 0. The number of halogens is 4. The fourth-order valence-corrected chi connectivity index (χ4v) is 5.25. The molecular weight excluding hydrogens is 482 g/mol. The first-order valence-corrected chi connectivity index (χ1v) is 12.9. The lowest BCUT2D eigenvalue weighted by molar-refractivity contribution is -0.138. The second kappa shape index (κ2) is 10.4. The van der Waals surface area contributed by atoms with Crippen LogP contribution in [0.1, 0.15) is 66.9 Å². The van der Waals surface area contributed by atoms with Crippen molar-refractivity contribution in [2.24, 2.45) is 0 Å². The summed E-state index contributed by atoms with van der Waals surface area (Å²) in [5.41, 5.74) is 2.14. The lowest BCUT2D eigenvalue weighted by Crippen LogP contribution is -2.43. The molecule has 9 heteroatoms. The number of benzene rings is 2. The normalized spacial score (nSPS) is 17.7. The summed E-state index contributed by atoms with van der Waals surface area (Å²) in [5.74, 6) is 0.429. The van der Waals surface area contributed by atoms with Crippen LogP contribution in [0.15, 0.2) is 48.7 Å². The van der Waals surface area contributed by atoms with E-state index in [1.54, 1.807) is 12.1 Å². The van der Waals surface area contributed by atoms with Crippen LogP contribution in [0.25, 0.3) is 0 Å². The molecule has 1 aliphatic heterocycles. The van der Waals surface area contributed by atoms with Crippen molar-refractivity contribution in [3.63, 3.8) is 0 Å². The van der Waals surface area contributed by atoms with Gasteiger partial charge in [-0.15, -0.1) is 0 Å². The zero-order chi connectivity index (χ0) is 26.2. The second-order valence-corrected chi connectivity index (χ2v) is 10.2. The number of para-hydroxylation sites is 1. The van der Waals surface area contributed by atoms with Crippen molar-refractivity contribution in [1.82, 2.24) is 15.1 Å². The van der Waals surface area contributed by atoms with E-state index in [0.29, 0.717) is 17.5 Å². The van der Waals surface area contributed by atoms with Gasteiger partial charge in [-0.05, 0) is 62.8 Å². The van der Waals surface area contributed by atoms with E-state index in [2.05, 4.69) is 22.5 Å². The van der Waals surface area contributed by atoms with Crippen LogP contribution in [-0.4, -0.2) is 28.9 Å². The van der Waals surface area contributed by atoms with Gasteiger partial charge in [-0.25, -0.2) is 4.39 Å². The minimum absolute atomic E-state index is 0.0391. The van der Waals surface area contributed by atoms with Crippen molar-refractivity contribution in [2.45, 2.75) is 70.4 Å². The quantitative estimate of drug-likeness (QED) is 0.331. The molecule has 2 aliphatic rings. The average molecular weight is 516 g/mol. The van der Waals surface area contributed by atoms with Crippen LogP contribution in [0.5, 0.6) is 0 Å². The Morgan fingerprint density at radius 1 is 1.03 bits per heavy atom. The number of piperidine rings is 1. The molecule has 0 spiro atoms. The highest BCUT2D eigenvalue weighted by atomic mass is 19.4. The second-order valence-electron chi connectivity index (χ2n) is 10.2. The van der Waals surface area contributed by atoms with Crippen LogP contribution >= 0.6 is 0 Å². The highest BCUT2D eigenvalue weighted by Gasteiger charge is 2.33. The van der Waals surface area contributed by atoms with Crippen molar-refractivity contribution in [2.75, 3.05) is 23.3 Å². The van der Waals surface area contributed by atoms with Crippen molar-refractivity contribution in [1.29, 1.82) is 0 Å². The van der Waals surface area contributed by atoms with Gasteiger partial charge in [-0.3, -0.25) is 4.68 Å². The third-order valence-electron chi connectivity index (χ3n) is 7.40. The van der Waals surface area contributed by atoms with Gasteiger partial charge in [0.05, 0.1) is 17.3 Å². The van der Waals surface area contributed by atoms with Gasteiger partial charge in [0, 0.05) is 43.5 Å². The van der Waals surface area contributed by atoms with Crippen molar-refractivity contribution < 1.29 is 17.6 Å². The lowest BCUT2D eigenvalue weighted by Gasteiger charge is -2.36. The Bertz CT molecular complexity index is 1210. The SMILES string of the molecule is Cc1cccc(F)c1N1CCC(NC(C)c2cn(C3CC3)nc2NCc2ccccc2C(F)(F)F)CC1. The Morgan fingerprint density at radius 3 is 2.43 bits per heavy atom. The third-order valence-corrected chi connectivity index (χ3v) is 7.40. The van der Waals surface area contributed by atoms with Gasteiger partial charge in [0.25, 0.3) is 0 Å². The molecule has 2 heterocycles. The summed E-state index contributed by atoms with van der Waals surface area (Å²) in [4.78, 5) is 2.11. The number of aromatic nitrogens is 2. The molecule has 1 aromatic heterocycles. The molecule has 1 saturated heterocycles. The molecule has 2 N–H and O–H groups in total. The lowest BCUT2D eigenvalue weighted by atomic mass is 10.0. The first-order chi connectivity index (χ1) is 17.7. The van der Waals surface area contributed by atoms with E-state index in [1.165, 1.54) is 18.2 Å². The van der Waals surface area contributed by atoms with Gasteiger partial charge < -0.3 is 15.5 Å². The smallest absolute Gasteiger partial charge is 0.369 e. The number of aryl methyl sites for hydroxylation is 1. The summed E-state index contributed by atoms with van der Waals surface area (Å²) in [6.07, 6.45) is 1.48. The molecular formula is C28H33F4N5. The minimum Gasteiger partial charge on any atom is -0.369 e. The number of alkyl halides is 3. The summed E-state index contributed by atoms with van der Waals surface area (Å²) in [6.45, 7) is 5.55. The molecule has 1 unspecified atom stereocenters. The minimum atomic E-state index is -4.40. The molecule has 5 rings (SSSR count). The third kappa shape index (κ3) is 5.76. The molecule has 1 atom stereocenters. The molecule has 2 aromatic carbocycles. The van der Waals surface area contributed by atoms with Gasteiger partial charge >= 0.3 is 6.18 Å². The van der Waals surface area contributed by atoms with Gasteiger partial charge in [0.2, 0.25) is 0 Å². The number of nitrogens with zero attached hydrogens (tertiary/aromatic N) is 3. The molecule has 5 nitrogen and oxygen atoms in total. The van der Waals surface area contributed by atoms with Crippen LogP contribution in [0.4, 0.5) is 29.1 Å². The Kier molecular flexibility index (Phi) is 7.16. The average Bonchev–Trinajstić information content (AvgIpc) is 3.62. The zero-order valence-corrected chi connectivity index (χ0v) is 21.2. The van der Waals surface area contributed by atoms with Gasteiger partial charge in [-0.1, -0.05) is 30.3 Å². The first-order valence-electron chi connectivity index (χ1n) is 12.9. The standard InChI is InChI=1S/C28H33F4N5/c1-18-6-5-9-25(29)26(18)36-14-12-21(13-15-36)34-19(2)23-17-37(22-10-11-22)35-27(23)33-16-20-7-3-4-8-24(20)28(30,31)32/h3-9,17,19,21-22,34H,10-16H2,1-2H3,(H,33,35). The highest BCUT2D eigenvalue weighted by Crippen LogP contribution is 2.37. The number of hydrogen-bond donors (Lipinski definition) is 2. The fraction of sp³-hybridized carbons (Fsp3) is 0.464. The molecule has 1 saturated carbocycles. The maximum absolute atomic E-state index is 14.4. The monoisotopic (exact) mass is 515 g/mol. The Morgan fingerprint density at radius 2 is 1.76 bits per heavy atom. The van der Waals surface area contributed by atoms with Crippen molar-refractivity contribution >= 4 is 11.5 Å². The van der Waals surface area contributed by atoms with E-state index >= 15 is 0 Å². The predicted molar refractivity (Wildman–Crippen MR) is 137 cm³/mol. The molecule has 37 heavy (non-hydrogen) atoms. The largest absolute Gasteiger partial charge is 0.416 e. The van der Waals surface area contributed by atoms with Gasteiger partial charge in [-0.2, -0.15) is 18.3 Å². The van der Waals surface area contributed by atoms with E-state index in [-0.39, 0.29) is 30.0 Å². The van der Waals surface area contributed by atoms with Crippen molar-refractivity contribution in [3.05, 3.63) is 76.7 Å². The number of anilines is 2. The van der Waals surface area contributed by atoms with Crippen LogP contribution in [-0.2, 0) is 12.7 Å². The molecule has 2 fully saturated rings. The summed E-state index contributed by atoms with van der Waals surface area (Å²) in [7, 11) is 0. The first kappa shape index (κ1) is 25.6. The number of hydrogen-bond acceptors (Lipinski definition) is 4. The van der Waals surface area contributed by atoms with Gasteiger partial charge in [0.1, 0.15) is 5.82 Å². The van der Waals surface area contributed by atoms with Crippen molar-refractivity contribution in [3.8, 4) is 0 Å².